The van der Waals surface area contributed by atoms with Gasteiger partial charge in [-0.2, -0.15) is 0 Å². The summed E-state index contributed by atoms with van der Waals surface area (Å²) in [4.78, 5) is 18.3. The second-order valence-corrected chi connectivity index (χ2v) is 4.23. The van der Waals surface area contributed by atoms with Gasteiger partial charge in [0.1, 0.15) is 17.5 Å². The lowest BCUT2D eigenvalue weighted by molar-refractivity contribution is 0.627. The monoisotopic (exact) mass is 261 g/mol. The molecule has 0 radical (unpaired) electrons. The van der Waals surface area contributed by atoms with Gasteiger partial charge in [-0.05, 0) is 24.1 Å². The second kappa shape index (κ2) is 6.13. The topological polar surface area (TPSA) is 57.8 Å². The van der Waals surface area contributed by atoms with E-state index in [0.29, 0.717) is 24.6 Å². The number of aryl methyl sites for hydroxylation is 1. The molecule has 2 aromatic rings. The Kier molecular flexibility index (Phi) is 4.28. The van der Waals surface area contributed by atoms with Crippen molar-refractivity contribution in [1.82, 2.24) is 9.97 Å². The van der Waals surface area contributed by atoms with Gasteiger partial charge in [-0.1, -0.05) is 19.1 Å². The number of halogens is 1. The van der Waals surface area contributed by atoms with Crippen LogP contribution in [0.15, 0.2) is 35.1 Å². The van der Waals surface area contributed by atoms with Gasteiger partial charge in [-0.3, -0.25) is 4.79 Å². The summed E-state index contributed by atoms with van der Waals surface area (Å²) in [5, 5.41) is 3.10. The lowest BCUT2D eigenvalue weighted by atomic mass is 10.1. The third-order valence-electron chi connectivity index (χ3n) is 2.76. The van der Waals surface area contributed by atoms with Gasteiger partial charge in [-0.25, -0.2) is 9.37 Å². The van der Waals surface area contributed by atoms with Crippen LogP contribution in [-0.2, 0) is 12.8 Å². The third-order valence-corrected chi connectivity index (χ3v) is 2.76. The van der Waals surface area contributed by atoms with Crippen LogP contribution in [0.2, 0.25) is 0 Å². The summed E-state index contributed by atoms with van der Waals surface area (Å²) in [5.74, 6) is 1.00. The van der Waals surface area contributed by atoms with Crippen LogP contribution in [0.25, 0.3) is 0 Å². The first-order valence-corrected chi connectivity index (χ1v) is 6.26. The molecule has 0 aliphatic heterocycles. The zero-order valence-corrected chi connectivity index (χ0v) is 10.7. The van der Waals surface area contributed by atoms with Crippen molar-refractivity contribution in [2.45, 2.75) is 19.8 Å². The number of aromatic amines is 1. The summed E-state index contributed by atoms with van der Waals surface area (Å²) in [6.45, 7) is 2.58. The number of hydrogen-bond donors (Lipinski definition) is 2. The number of H-pyrrole nitrogens is 1. The highest BCUT2D eigenvalue weighted by molar-refractivity contribution is 5.33. The first-order chi connectivity index (χ1) is 9.17. The fraction of sp³-hybridized carbons (Fsp3) is 0.286. The van der Waals surface area contributed by atoms with Crippen LogP contribution in [0.3, 0.4) is 0 Å². The fourth-order valence-electron chi connectivity index (χ4n) is 1.75. The van der Waals surface area contributed by atoms with Crippen LogP contribution >= 0.6 is 0 Å². The molecule has 0 fully saturated rings. The number of rotatable bonds is 5. The maximum atomic E-state index is 12.7. The molecule has 4 nitrogen and oxygen atoms in total. The van der Waals surface area contributed by atoms with Gasteiger partial charge in [0.25, 0.3) is 5.56 Å². The molecule has 1 heterocycles. The van der Waals surface area contributed by atoms with Crippen molar-refractivity contribution in [3.8, 4) is 0 Å². The Morgan fingerprint density at radius 1 is 1.32 bits per heavy atom. The lowest BCUT2D eigenvalue weighted by Crippen LogP contribution is -2.14. The van der Waals surface area contributed by atoms with E-state index >= 15 is 0 Å². The molecule has 1 aromatic carbocycles. The summed E-state index contributed by atoms with van der Waals surface area (Å²) in [6.07, 6.45) is 1.43. The van der Waals surface area contributed by atoms with Crippen molar-refractivity contribution in [3.63, 3.8) is 0 Å². The van der Waals surface area contributed by atoms with Gasteiger partial charge in [0.05, 0.1) is 0 Å². The average molecular weight is 261 g/mol. The first-order valence-electron chi connectivity index (χ1n) is 6.26. The Labute approximate surface area is 110 Å². The number of hydrogen-bond acceptors (Lipinski definition) is 3. The Morgan fingerprint density at radius 2 is 2.05 bits per heavy atom. The van der Waals surface area contributed by atoms with E-state index < -0.39 is 0 Å². The Morgan fingerprint density at radius 3 is 2.74 bits per heavy atom. The molecule has 1 aromatic heterocycles. The second-order valence-electron chi connectivity index (χ2n) is 4.23. The van der Waals surface area contributed by atoms with E-state index in [-0.39, 0.29) is 11.4 Å². The summed E-state index contributed by atoms with van der Waals surface area (Å²) in [7, 11) is 0. The minimum absolute atomic E-state index is 0.156. The van der Waals surface area contributed by atoms with Crippen LogP contribution in [0, 0.1) is 5.82 Å². The highest BCUT2D eigenvalue weighted by Gasteiger charge is 2.00. The molecule has 0 saturated heterocycles. The van der Waals surface area contributed by atoms with E-state index in [1.807, 2.05) is 6.92 Å². The van der Waals surface area contributed by atoms with Crippen LogP contribution in [0.4, 0.5) is 10.2 Å². The molecule has 0 aliphatic carbocycles. The molecular formula is C14H16FN3O. The molecule has 0 aliphatic rings. The summed E-state index contributed by atoms with van der Waals surface area (Å²) < 4.78 is 12.7. The molecule has 2 N–H and O–H groups in total. The molecule has 2 rings (SSSR count). The quantitative estimate of drug-likeness (QED) is 0.866. The third kappa shape index (κ3) is 3.91. The molecule has 5 heteroatoms. The van der Waals surface area contributed by atoms with Gasteiger partial charge in [0.15, 0.2) is 0 Å². The van der Waals surface area contributed by atoms with E-state index in [9.17, 15) is 9.18 Å². The van der Waals surface area contributed by atoms with Gasteiger partial charge in [-0.15, -0.1) is 0 Å². The largest absolute Gasteiger partial charge is 0.370 e. The molecule has 100 valence electrons. The minimum Gasteiger partial charge on any atom is -0.370 e. The highest BCUT2D eigenvalue weighted by Crippen LogP contribution is 2.05. The Balaban J connectivity index is 1.93. The van der Waals surface area contributed by atoms with Gasteiger partial charge >= 0.3 is 0 Å². The first kappa shape index (κ1) is 13.3. The fourth-order valence-corrected chi connectivity index (χ4v) is 1.75. The summed E-state index contributed by atoms with van der Waals surface area (Å²) >= 11 is 0. The van der Waals surface area contributed by atoms with E-state index in [0.717, 1.165) is 12.0 Å². The lowest BCUT2D eigenvalue weighted by Gasteiger charge is -2.06. The summed E-state index contributed by atoms with van der Waals surface area (Å²) in [6, 6.07) is 7.81. The highest BCUT2D eigenvalue weighted by atomic mass is 19.1. The standard InChI is InChI=1S/C14H16FN3O/c1-2-12-17-13(9-14(19)18-12)16-8-7-10-3-5-11(15)6-4-10/h3-6,9H,2,7-8H2,1H3,(H2,16,17,18,19). The van der Waals surface area contributed by atoms with E-state index in [2.05, 4.69) is 15.3 Å². The van der Waals surface area contributed by atoms with Crippen LogP contribution in [0.5, 0.6) is 0 Å². The van der Waals surface area contributed by atoms with Gasteiger partial charge in [0.2, 0.25) is 0 Å². The molecular weight excluding hydrogens is 245 g/mol. The van der Waals surface area contributed by atoms with Crippen LogP contribution < -0.4 is 10.9 Å². The van der Waals surface area contributed by atoms with Gasteiger partial charge < -0.3 is 10.3 Å². The van der Waals surface area contributed by atoms with Crippen molar-refractivity contribution >= 4 is 5.82 Å². The molecule has 0 amide bonds. The maximum absolute atomic E-state index is 12.7. The van der Waals surface area contributed by atoms with Crippen LogP contribution in [-0.4, -0.2) is 16.5 Å². The Hall–Kier alpha value is -2.17. The molecule has 0 bridgehead atoms. The number of benzene rings is 1. The van der Waals surface area contributed by atoms with Gasteiger partial charge in [0, 0.05) is 19.0 Å². The zero-order valence-electron chi connectivity index (χ0n) is 10.7. The zero-order chi connectivity index (χ0) is 13.7. The number of nitrogens with zero attached hydrogens (tertiary/aromatic N) is 1. The van der Waals surface area contributed by atoms with E-state index in [1.165, 1.54) is 18.2 Å². The Bertz CT molecular complexity index is 592. The van der Waals surface area contributed by atoms with Crippen molar-refractivity contribution in [2.75, 3.05) is 11.9 Å². The van der Waals surface area contributed by atoms with Crippen LogP contribution in [0.1, 0.15) is 18.3 Å². The van der Waals surface area contributed by atoms with Crippen molar-refractivity contribution < 1.29 is 4.39 Å². The van der Waals surface area contributed by atoms with E-state index in [1.54, 1.807) is 12.1 Å². The molecule has 0 saturated carbocycles. The predicted octanol–water partition coefficient (Wildman–Crippen LogP) is 2.13. The predicted molar refractivity (Wildman–Crippen MR) is 72.8 cm³/mol. The number of anilines is 1. The SMILES string of the molecule is CCc1nc(NCCc2ccc(F)cc2)cc(=O)[nH]1. The van der Waals surface area contributed by atoms with Crippen molar-refractivity contribution in [3.05, 3.63) is 57.9 Å². The molecule has 0 spiro atoms. The average Bonchev–Trinajstić information content (AvgIpc) is 2.40. The van der Waals surface area contributed by atoms with E-state index in [4.69, 9.17) is 0 Å². The maximum Gasteiger partial charge on any atom is 0.252 e. The molecule has 19 heavy (non-hydrogen) atoms. The molecule has 0 unspecified atom stereocenters. The van der Waals surface area contributed by atoms with Crippen molar-refractivity contribution in [2.24, 2.45) is 0 Å². The summed E-state index contributed by atoms with van der Waals surface area (Å²) in [5.41, 5.74) is 0.880. The van der Waals surface area contributed by atoms with Crippen molar-refractivity contribution in [1.29, 1.82) is 0 Å². The minimum atomic E-state index is -0.236. The number of nitrogens with one attached hydrogen (secondary N) is 2. The normalized spacial score (nSPS) is 10.4. The number of aromatic nitrogens is 2. The molecule has 0 atom stereocenters. The smallest absolute Gasteiger partial charge is 0.252 e.